The van der Waals surface area contributed by atoms with Crippen LogP contribution in [0.15, 0.2) is 0 Å². The molecule has 0 bridgehead atoms. The van der Waals surface area contributed by atoms with E-state index in [9.17, 15) is 32.8 Å². The second-order valence-electron chi connectivity index (χ2n) is 13.3. The van der Waals surface area contributed by atoms with Crippen LogP contribution in [0.25, 0.3) is 0 Å². The van der Waals surface area contributed by atoms with Crippen molar-refractivity contribution in [2.24, 2.45) is 5.92 Å². The van der Waals surface area contributed by atoms with E-state index in [1.54, 1.807) is 0 Å². The number of unbranched alkanes of at least 4 members (excludes halogenated alkanes) is 26. The second kappa shape index (κ2) is 31.1. The van der Waals surface area contributed by atoms with Crippen LogP contribution in [0.4, 0.5) is 0 Å². The average molecular weight is 671 g/mol. The van der Waals surface area contributed by atoms with Gasteiger partial charge < -0.3 is 11.6 Å². The van der Waals surface area contributed by atoms with Gasteiger partial charge in [-0.1, -0.05) is 194 Å². The third-order valence-corrected chi connectivity index (χ3v) is 11.0. The summed E-state index contributed by atoms with van der Waals surface area (Å²) in [6.45, 7) is 4.46. The van der Waals surface area contributed by atoms with Gasteiger partial charge in [-0.15, -0.1) is 0 Å². The average Bonchev–Trinajstić information content (AvgIpc) is 2.97. The Labute approximate surface area is 301 Å². The van der Waals surface area contributed by atoms with Crippen molar-refractivity contribution in [1.82, 2.24) is 0 Å². The predicted molar refractivity (Wildman–Crippen MR) is 184 cm³/mol. The molecule has 0 saturated heterocycles. The van der Waals surface area contributed by atoms with Gasteiger partial charge in [0, 0.05) is 0 Å². The Balaban J connectivity index is -0.00000924. The zero-order chi connectivity index (χ0) is 32.9. The molecule has 0 aliphatic heterocycles. The van der Waals surface area contributed by atoms with Gasteiger partial charge in [0.15, 0.2) is 0 Å². The van der Waals surface area contributed by atoms with Gasteiger partial charge in [0.05, 0.1) is 5.92 Å². The molecule has 45 heavy (non-hydrogen) atoms. The van der Waals surface area contributed by atoms with Gasteiger partial charge >= 0.3 is 41.5 Å². The van der Waals surface area contributed by atoms with E-state index in [4.69, 9.17) is 0 Å². The van der Waals surface area contributed by atoms with Crippen LogP contribution in [0.2, 0.25) is 0 Å². The fourth-order valence-electron chi connectivity index (χ4n) is 6.53. The van der Waals surface area contributed by atoms with E-state index in [0.717, 1.165) is 44.9 Å². The zero-order valence-corrected chi connectivity index (χ0v) is 32.5. The first kappa shape index (κ1) is 47.0. The standard InChI is InChI=1S/C36H70O7S.Na.H/c1-3-5-7-9-11-13-15-17-19-21-23-25-27-29-31-33(34(37)38)36(35(39)40,44(41,42)43)32-30-28-26-24-22-20-18-16-14-12-10-8-6-4-2;;/h33H,3-32H2,1-2H3,(H,37,38)(H,39,40)(H,41,42,43);;/q;+1;-1. The molecule has 0 amide bonds. The third-order valence-electron chi connectivity index (χ3n) is 9.43. The molecule has 2 atom stereocenters. The minimum absolute atomic E-state index is 0. The fourth-order valence-corrected chi connectivity index (χ4v) is 7.73. The van der Waals surface area contributed by atoms with Crippen LogP contribution in [0.3, 0.4) is 0 Å². The van der Waals surface area contributed by atoms with Crippen molar-refractivity contribution >= 4 is 22.1 Å². The van der Waals surface area contributed by atoms with Crippen LogP contribution < -0.4 is 29.6 Å². The predicted octanol–water partition coefficient (Wildman–Crippen LogP) is 8.26. The number of rotatable bonds is 34. The number of carboxylic acid groups (broad SMARTS) is 2. The van der Waals surface area contributed by atoms with Crippen molar-refractivity contribution in [1.29, 1.82) is 0 Å². The maximum atomic E-state index is 12.5. The van der Waals surface area contributed by atoms with Crippen molar-refractivity contribution in [3.8, 4) is 0 Å². The molecule has 3 N–H and O–H groups in total. The summed E-state index contributed by atoms with van der Waals surface area (Å²) in [5.41, 5.74) is 0. The van der Waals surface area contributed by atoms with E-state index in [1.807, 2.05) is 0 Å². The van der Waals surface area contributed by atoms with E-state index in [0.29, 0.717) is 12.8 Å². The van der Waals surface area contributed by atoms with E-state index >= 15 is 0 Å². The molecule has 0 aliphatic rings. The van der Waals surface area contributed by atoms with Crippen LogP contribution in [0.1, 0.15) is 208 Å². The normalized spacial score (nSPS) is 13.7. The maximum absolute atomic E-state index is 12.5. The number of carbonyl (C=O) groups is 2. The van der Waals surface area contributed by atoms with Crippen LogP contribution in [0, 0.1) is 5.92 Å². The molecule has 0 rings (SSSR count). The summed E-state index contributed by atoms with van der Waals surface area (Å²) in [4.78, 5) is 24.5. The summed E-state index contributed by atoms with van der Waals surface area (Å²) in [5.74, 6) is -4.90. The first-order valence-electron chi connectivity index (χ1n) is 18.6. The molecule has 0 heterocycles. The Hall–Kier alpha value is -0.150. The van der Waals surface area contributed by atoms with Crippen molar-refractivity contribution in [3.05, 3.63) is 0 Å². The Bertz CT molecular complexity index is 812. The summed E-state index contributed by atoms with van der Waals surface area (Å²) in [7, 11) is -5.14. The first-order valence-corrected chi connectivity index (χ1v) is 20.0. The third kappa shape index (κ3) is 22.9. The van der Waals surface area contributed by atoms with Crippen molar-refractivity contribution in [2.45, 2.75) is 211 Å². The van der Waals surface area contributed by atoms with E-state index in [1.165, 1.54) is 116 Å². The van der Waals surface area contributed by atoms with Crippen molar-refractivity contribution in [2.75, 3.05) is 0 Å². The molecule has 0 aromatic rings. The quantitative estimate of drug-likeness (QED) is 0.0357. The van der Waals surface area contributed by atoms with Crippen LogP contribution >= 0.6 is 0 Å². The summed E-state index contributed by atoms with van der Waals surface area (Å²) >= 11 is 0. The minimum Gasteiger partial charge on any atom is -1.00 e. The van der Waals surface area contributed by atoms with Gasteiger partial charge in [-0.3, -0.25) is 14.1 Å². The SMILES string of the molecule is CCCCCCCCCCCCCCCCC(C(=O)O)C(CCCCCCCCCCCCCCCC)(C(=O)O)S(=O)(=O)O.[H-].[Na+]. The first-order chi connectivity index (χ1) is 21.1. The minimum atomic E-state index is -5.14. The summed E-state index contributed by atoms with van der Waals surface area (Å²) in [6.07, 6.45) is 30.7. The molecule has 0 spiro atoms. The van der Waals surface area contributed by atoms with Crippen LogP contribution in [0.5, 0.6) is 0 Å². The molecule has 0 saturated carbocycles. The maximum Gasteiger partial charge on any atom is 1.00 e. The van der Waals surface area contributed by atoms with Crippen LogP contribution in [-0.2, 0) is 19.7 Å². The van der Waals surface area contributed by atoms with Gasteiger partial charge in [-0.2, -0.15) is 8.42 Å². The Morgan fingerprint density at radius 2 is 0.800 bits per heavy atom. The van der Waals surface area contributed by atoms with Gasteiger partial charge in [0.1, 0.15) is 0 Å². The number of hydrogen-bond acceptors (Lipinski definition) is 4. The number of aliphatic carboxylic acids is 2. The smallest absolute Gasteiger partial charge is 1.00 e. The van der Waals surface area contributed by atoms with E-state index in [2.05, 4.69) is 13.8 Å². The van der Waals surface area contributed by atoms with Gasteiger partial charge in [-0.25, -0.2) is 0 Å². The Kier molecular flexibility index (Phi) is 32.5. The molecule has 0 aromatic heterocycles. The monoisotopic (exact) mass is 670 g/mol. The molecule has 0 radical (unpaired) electrons. The zero-order valence-electron chi connectivity index (χ0n) is 30.7. The summed E-state index contributed by atoms with van der Waals surface area (Å²) in [6, 6.07) is 0. The topological polar surface area (TPSA) is 129 Å². The Morgan fingerprint density at radius 1 is 0.533 bits per heavy atom. The van der Waals surface area contributed by atoms with Gasteiger partial charge in [0.25, 0.3) is 10.1 Å². The van der Waals surface area contributed by atoms with Crippen molar-refractivity contribution < 1.29 is 63.8 Å². The van der Waals surface area contributed by atoms with Gasteiger partial charge in [-0.05, 0) is 12.8 Å². The summed E-state index contributed by atoms with van der Waals surface area (Å²) in [5, 5.41) is 19.9. The molecular formula is C36H71NaO7S. The molecule has 0 aromatic carbocycles. The van der Waals surface area contributed by atoms with E-state index in [-0.39, 0.29) is 50.2 Å². The number of hydrogen-bond donors (Lipinski definition) is 3. The van der Waals surface area contributed by atoms with Crippen LogP contribution in [-0.4, -0.2) is 39.9 Å². The molecule has 264 valence electrons. The molecular weight excluding hydrogens is 599 g/mol. The molecule has 7 nitrogen and oxygen atoms in total. The molecule has 0 aliphatic carbocycles. The fraction of sp³-hybridized carbons (Fsp3) is 0.944. The van der Waals surface area contributed by atoms with Crippen molar-refractivity contribution in [3.63, 3.8) is 0 Å². The molecule has 0 fully saturated rings. The van der Waals surface area contributed by atoms with E-state index < -0.39 is 32.7 Å². The molecule has 9 heteroatoms. The number of carboxylic acids is 2. The second-order valence-corrected chi connectivity index (χ2v) is 15.0. The Morgan fingerprint density at radius 3 is 1.04 bits per heavy atom. The summed E-state index contributed by atoms with van der Waals surface area (Å²) < 4.78 is 32.3. The largest absolute Gasteiger partial charge is 1.00 e. The molecule has 2 unspecified atom stereocenters. The van der Waals surface area contributed by atoms with Gasteiger partial charge in [0.2, 0.25) is 4.75 Å².